The Morgan fingerprint density at radius 1 is 1.05 bits per heavy atom. The summed E-state index contributed by atoms with van der Waals surface area (Å²) in [4.78, 5) is 0. The maximum absolute atomic E-state index is 9.51. The normalized spacial score (nSPS) is 11.2. The molecular weight excluding hydrogens is 305 g/mol. The summed E-state index contributed by atoms with van der Waals surface area (Å²) in [6.45, 7) is 2.70. The Morgan fingerprint density at radius 3 is 2.48 bits per heavy atom. The summed E-state index contributed by atoms with van der Waals surface area (Å²) < 4.78 is 2.15. The van der Waals surface area contributed by atoms with Gasteiger partial charge >= 0.3 is 0 Å². The molecule has 0 saturated carbocycles. The van der Waals surface area contributed by atoms with Crippen molar-refractivity contribution in [1.82, 2.24) is 4.57 Å². The molecule has 4 heteroatoms. The minimum Gasteiger partial charge on any atom is -0.392 e. The second-order valence-corrected chi connectivity index (χ2v) is 5.96. The molecule has 0 saturated heterocycles. The van der Waals surface area contributed by atoms with Gasteiger partial charge in [0.2, 0.25) is 0 Å². The zero-order valence-electron chi connectivity index (χ0n) is 11.6. The molecule has 108 valence electrons. The molecule has 1 N–H and O–H groups in total. The van der Waals surface area contributed by atoms with Crippen LogP contribution in [-0.2, 0) is 13.2 Å². The number of halogens is 2. The van der Waals surface area contributed by atoms with Crippen LogP contribution in [0.25, 0.3) is 10.9 Å². The topological polar surface area (TPSA) is 25.2 Å². The molecule has 0 spiro atoms. The fourth-order valence-electron chi connectivity index (χ4n) is 2.62. The summed E-state index contributed by atoms with van der Waals surface area (Å²) >= 11 is 12.1. The molecule has 3 aromatic rings. The first kappa shape index (κ1) is 14.5. The van der Waals surface area contributed by atoms with Gasteiger partial charge in [0.05, 0.1) is 16.7 Å². The van der Waals surface area contributed by atoms with Gasteiger partial charge in [-0.15, -0.1) is 0 Å². The molecule has 2 aromatic carbocycles. The predicted molar refractivity (Wildman–Crippen MR) is 88.2 cm³/mol. The van der Waals surface area contributed by atoms with Crippen molar-refractivity contribution in [2.45, 2.75) is 20.1 Å². The molecule has 3 rings (SSSR count). The fourth-order valence-corrected chi connectivity index (χ4v) is 2.99. The van der Waals surface area contributed by atoms with E-state index in [1.807, 2.05) is 6.07 Å². The first-order valence-corrected chi connectivity index (χ1v) is 7.48. The van der Waals surface area contributed by atoms with Crippen molar-refractivity contribution in [3.63, 3.8) is 0 Å². The Hall–Kier alpha value is -1.48. The van der Waals surface area contributed by atoms with Gasteiger partial charge in [0, 0.05) is 23.6 Å². The molecule has 0 aliphatic rings. The molecule has 0 fully saturated rings. The number of aromatic nitrogens is 1. The van der Waals surface area contributed by atoms with E-state index in [1.165, 1.54) is 16.5 Å². The highest BCUT2D eigenvalue weighted by Crippen LogP contribution is 2.28. The van der Waals surface area contributed by atoms with E-state index in [-0.39, 0.29) is 6.61 Å². The van der Waals surface area contributed by atoms with E-state index in [4.69, 9.17) is 23.2 Å². The van der Waals surface area contributed by atoms with Crippen LogP contribution in [-0.4, -0.2) is 9.67 Å². The van der Waals surface area contributed by atoms with Crippen LogP contribution in [0.5, 0.6) is 0 Å². The lowest BCUT2D eigenvalue weighted by molar-refractivity contribution is 0.280. The third-order valence-electron chi connectivity index (χ3n) is 3.79. The van der Waals surface area contributed by atoms with Crippen molar-refractivity contribution in [2.75, 3.05) is 0 Å². The van der Waals surface area contributed by atoms with E-state index >= 15 is 0 Å². The standard InChI is InChI=1S/C17H15Cl2NO/c1-11-3-2-4-17-14(11)5-6-20(17)9-12-7-15(18)16(19)8-13(12)10-21/h2-8,21H,9-10H2,1H3. The Labute approximate surface area is 133 Å². The maximum Gasteiger partial charge on any atom is 0.0685 e. The molecule has 0 atom stereocenters. The molecule has 2 nitrogen and oxygen atoms in total. The average Bonchev–Trinajstić information content (AvgIpc) is 2.87. The fraction of sp³-hybridized carbons (Fsp3) is 0.176. The molecule has 1 heterocycles. The van der Waals surface area contributed by atoms with Gasteiger partial charge in [-0.1, -0.05) is 35.3 Å². The minimum atomic E-state index is -0.0511. The van der Waals surface area contributed by atoms with Crippen molar-refractivity contribution >= 4 is 34.1 Å². The number of nitrogens with zero attached hydrogens (tertiary/aromatic N) is 1. The van der Waals surface area contributed by atoms with Crippen LogP contribution >= 0.6 is 23.2 Å². The molecule has 0 bridgehead atoms. The zero-order chi connectivity index (χ0) is 15.0. The van der Waals surface area contributed by atoms with Crippen LogP contribution in [0.4, 0.5) is 0 Å². The molecule has 1 aromatic heterocycles. The first-order valence-electron chi connectivity index (χ1n) is 6.72. The van der Waals surface area contributed by atoms with Crippen molar-refractivity contribution in [3.8, 4) is 0 Å². The third-order valence-corrected chi connectivity index (χ3v) is 4.51. The van der Waals surface area contributed by atoms with Crippen LogP contribution in [0.2, 0.25) is 10.0 Å². The molecule has 0 aliphatic heterocycles. The summed E-state index contributed by atoms with van der Waals surface area (Å²) in [7, 11) is 0. The Morgan fingerprint density at radius 2 is 1.76 bits per heavy atom. The Kier molecular flexibility index (Phi) is 3.94. The summed E-state index contributed by atoms with van der Waals surface area (Å²) in [5.74, 6) is 0. The van der Waals surface area contributed by atoms with Crippen LogP contribution in [0.3, 0.4) is 0 Å². The molecule has 0 unspecified atom stereocenters. The minimum absolute atomic E-state index is 0.0511. The van der Waals surface area contributed by atoms with E-state index in [2.05, 4.69) is 42.0 Å². The van der Waals surface area contributed by atoms with Crippen molar-refractivity contribution in [2.24, 2.45) is 0 Å². The lowest BCUT2D eigenvalue weighted by Crippen LogP contribution is -2.02. The molecule has 0 aliphatic carbocycles. The number of rotatable bonds is 3. The van der Waals surface area contributed by atoms with Crippen molar-refractivity contribution < 1.29 is 5.11 Å². The van der Waals surface area contributed by atoms with E-state index in [0.29, 0.717) is 16.6 Å². The van der Waals surface area contributed by atoms with Gasteiger partial charge in [-0.25, -0.2) is 0 Å². The highest BCUT2D eigenvalue weighted by Gasteiger charge is 2.09. The highest BCUT2D eigenvalue weighted by molar-refractivity contribution is 6.42. The van der Waals surface area contributed by atoms with Gasteiger partial charge in [-0.3, -0.25) is 0 Å². The summed E-state index contributed by atoms with van der Waals surface area (Å²) in [6, 6.07) is 11.9. The smallest absolute Gasteiger partial charge is 0.0685 e. The van der Waals surface area contributed by atoms with Gasteiger partial charge in [-0.2, -0.15) is 0 Å². The zero-order valence-corrected chi connectivity index (χ0v) is 13.1. The largest absolute Gasteiger partial charge is 0.392 e. The first-order chi connectivity index (χ1) is 10.1. The number of benzene rings is 2. The van der Waals surface area contributed by atoms with E-state index in [0.717, 1.165) is 11.1 Å². The van der Waals surface area contributed by atoms with Gasteiger partial charge < -0.3 is 9.67 Å². The van der Waals surface area contributed by atoms with Gasteiger partial charge in [0.1, 0.15) is 0 Å². The van der Waals surface area contributed by atoms with Crippen LogP contribution < -0.4 is 0 Å². The van der Waals surface area contributed by atoms with E-state index < -0.39 is 0 Å². The van der Waals surface area contributed by atoms with E-state index in [9.17, 15) is 5.11 Å². The second kappa shape index (κ2) is 5.72. The van der Waals surface area contributed by atoms with Crippen LogP contribution in [0.15, 0.2) is 42.6 Å². The maximum atomic E-state index is 9.51. The van der Waals surface area contributed by atoms with Gasteiger partial charge in [0.25, 0.3) is 0 Å². The summed E-state index contributed by atoms with van der Waals surface area (Å²) in [5.41, 5.74) is 4.21. The lowest BCUT2D eigenvalue weighted by Gasteiger charge is -2.12. The number of hydrogen-bond acceptors (Lipinski definition) is 1. The van der Waals surface area contributed by atoms with Crippen LogP contribution in [0.1, 0.15) is 16.7 Å². The third kappa shape index (κ3) is 2.67. The van der Waals surface area contributed by atoms with Gasteiger partial charge in [0.15, 0.2) is 0 Å². The van der Waals surface area contributed by atoms with Crippen molar-refractivity contribution in [1.29, 1.82) is 0 Å². The number of aryl methyl sites for hydroxylation is 1. The summed E-state index contributed by atoms with van der Waals surface area (Å²) in [6.07, 6.45) is 2.06. The lowest BCUT2D eigenvalue weighted by atomic mass is 10.1. The number of fused-ring (bicyclic) bond motifs is 1. The van der Waals surface area contributed by atoms with Crippen LogP contribution in [0, 0.1) is 6.92 Å². The number of hydrogen-bond donors (Lipinski definition) is 1. The molecule has 0 amide bonds. The molecular formula is C17H15Cl2NO. The molecule has 21 heavy (non-hydrogen) atoms. The molecule has 0 radical (unpaired) electrons. The predicted octanol–water partition coefficient (Wildman–Crippen LogP) is 4.80. The Balaban J connectivity index is 2.07. The van der Waals surface area contributed by atoms with Crippen molar-refractivity contribution in [3.05, 3.63) is 69.3 Å². The highest BCUT2D eigenvalue weighted by atomic mass is 35.5. The number of aliphatic hydroxyl groups excluding tert-OH is 1. The van der Waals surface area contributed by atoms with E-state index in [1.54, 1.807) is 6.07 Å². The van der Waals surface area contributed by atoms with Gasteiger partial charge in [-0.05, 0) is 47.9 Å². The Bertz CT molecular complexity index is 808. The second-order valence-electron chi connectivity index (χ2n) is 5.14. The average molecular weight is 320 g/mol. The quantitative estimate of drug-likeness (QED) is 0.737. The number of aliphatic hydroxyl groups is 1. The summed E-state index contributed by atoms with van der Waals surface area (Å²) in [5, 5.41) is 11.7. The monoisotopic (exact) mass is 319 g/mol. The SMILES string of the molecule is Cc1cccc2c1ccn2Cc1cc(Cl)c(Cl)cc1CO.